The maximum atomic E-state index is 13.4. The lowest BCUT2D eigenvalue weighted by atomic mass is 9.91. The van der Waals surface area contributed by atoms with Crippen LogP contribution >= 0.6 is 0 Å². The minimum absolute atomic E-state index is 0.0121. The molecule has 0 radical (unpaired) electrons. The van der Waals surface area contributed by atoms with Crippen LogP contribution in [0.2, 0.25) is 0 Å². The minimum atomic E-state index is -0.604. The Labute approximate surface area is 208 Å². The largest absolute Gasteiger partial charge is 0.507 e. The smallest absolute Gasteiger partial charge is 0.295 e. The molecule has 1 saturated heterocycles. The van der Waals surface area contributed by atoms with Crippen molar-refractivity contribution in [2.24, 2.45) is 0 Å². The third kappa shape index (κ3) is 4.73. The van der Waals surface area contributed by atoms with Crippen molar-refractivity contribution in [3.8, 4) is 5.75 Å². The predicted molar refractivity (Wildman–Crippen MR) is 139 cm³/mol. The fraction of sp³-hybridized carbons (Fsp3) is 0.467. The van der Waals surface area contributed by atoms with Crippen LogP contribution in [-0.4, -0.2) is 34.3 Å². The average Bonchev–Trinajstić information content (AvgIpc) is 3.45. The van der Waals surface area contributed by atoms with Gasteiger partial charge >= 0.3 is 0 Å². The van der Waals surface area contributed by atoms with Gasteiger partial charge in [-0.1, -0.05) is 64.8 Å². The number of nitrogens with zero attached hydrogens (tertiary/aromatic N) is 1. The molecule has 2 aromatic carbocycles. The zero-order chi connectivity index (χ0) is 25.3. The number of benzene rings is 2. The van der Waals surface area contributed by atoms with Crippen LogP contribution in [-0.2, 0) is 9.59 Å². The third-order valence-corrected chi connectivity index (χ3v) is 7.32. The molecule has 5 heteroatoms. The standard InChI is InChI=1S/C30H37NO4/c1-6-35-25-16-15-22(17-24(25)19(4)5)28(32)26-27(21-13-11-20(12-14-21)18(2)3)31(30(34)29(26)33)23-9-7-8-10-23/h11-19,23,27,32H,6-10H2,1-5H3/b28-26-. The summed E-state index contributed by atoms with van der Waals surface area (Å²) < 4.78 is 5.78. The highest BCUT2D eigenvalue weighted by Crippen LogP contribution is 2.44. The fourth-order valence-corrected chi connectivity index (χ4v) is 5.39. The normalized spacial score (nSPS) is 20.4. The molecule has 4 rings (SSSR count). The molecule has 2 aliphatic rings. The number of hydrogen-bond acceptors (Lipinski definition) is 4. The van der Waals surface area contributed by atoms with Crippen LogP contribution in [0.3, 0.4) is 0 Å². The summed E-state index contributed by atoms with van der Waals surface area (Å²) in [4.78, 5) is 28.5. The molecule has 1 saturated carbocycles. The Morgan fingerprint density at radius 3 is 2.23 bits per heavy atom. The molecule has 1 heterocycles. The number of carbonyl (C=O) groups excluding carboxylic acids is 2. The second-order valence-electron chi connectivity index (χ2n) is 10.3. The molecule has 35 heavy (non-hydrogen) atoms. The van der Waals surface area contributed by atoms with Crippen LogP contribution in [0.25, 0.3) is 5.76 Å². The van der Waals surface area contributed by atoms with Crippen molar-refractivity contribution in [2.75, 3.05) is 6.61 Å². The average molecular weight is 476 g/mol. The maximum absolute atomic E-state index is 13.4. The summed E-state index contributed by atoms with van der Waals surface area (Å²) in [6, 6.07) is 13.0. The number of carbonyl (C=O) groups is 2. The number of hydrogen-bond donors (Lipinski definition) is 1. The Hall–Kier alpha value is -3.08. The van der Waals surface area contributed by atoms with Gasteiger partial charge in [0.05, 0.1) is 18.2 Å². The van der Waals surface area contributed by atoms with E-state index in [2.05, 4.69) is 39.8 Å². The van der Waals surface area contributed by atoms with Crippen molar-refractivity contribution in [3.63, 3.8) is 0 Å². The lowest BCUT2D eigenvalue weighted by Gasteiger charge is -2.31. The first kappa shape index (κ1) is 25.0. The highest BCUT2D eigenvalue weighted by molar-refractivity contribution is 6.46. The van der Waals surface area contributed by atoms with Crippen molar-refractivity contribution in [2.45, 2.75) is 84.2 Å². The molecule has 1 aliphatic heterocycles. The summed E-state index contributed by atoms with van der Waals surface area (Å²) in [6.07, 6.45) is 3.86. The molecule has 1 atom stereocenters. The van der Waals surface area contributed by atoms with Gasteiger partial charge in [-0.05, 0) is 66.5 Å². The molecule has 2 fully saturated rings. The maximum Gasteiger partial charge on any atom is 0.295 e. The number of ether oxygens (including phenoxy) is 1. The van der Waals surface area contributed by atoms with Gasteiger partial charge in [-0.2, -0.15) is 0 Å². The second-order valence-corrected chi connectivity index (χ2v) is 10.3. The molecule has 1 N–H and O–H groups in total. The Bertz CT molecular complexity index is 1120. The highest BCUT2D eigenvalue weighted by Gasteiger charge is 2.49. The van der Waals surface area contributed by atoms with Crippen LogP contribution in [0, 0.1) is 0 Å². The first-order valence-electron chi connectivity index (χ1n) is 12.9. The summed E-state index contributed by atoms with van der Waals surface area (Å²) in [5, 5.41) is 11.5. The molecule has 0 bridgehead atoms. The predicted octanol–water partition coefficient (Wildman–Crippen LogP) is 6.70. The quantitative estimate of drug-likeness (QED) is 0.275. The second kappa shape index (κ2) is 10.3. The molecular formula is C30H37NO4. The topological polar surface area (TPSA) is 66.8 Å². The Kier molecular flexibility index (Phi) is 7.34. The fourth-order valence-electron chi connectivity index (χ4n) is 5.39. The van der Waals surface area contributed by atoms with Crippen molar-refractivity contribution < 1.29 is 19.4 Å². The van der Waals surface area contributed by atoms with Crippen molar-refractivity contribution in [1.29, 1.82) is 0 Å². The van der Waals surface area contributed by atoms with Crippen LogP contribution in [0.15, 0.2) is 48.0 Å². The summed E-state index contributed by atoms with van der Waals surface area (Å²) >= 11 is 0. The van der Waals surface area contributed by atoms with E-state index in [-0.39, 0.29) is 23.3 Å². The van der Waals surface area contributed by atoms with E-state index in [4.69, 9.17) is 4.74 Å². The molecular weight excluding hydrogens is 438 g/mol. The zero-order valence-corrected chi connectivity index (χ0v) is 21.5. The van der Waals surface area contributed by atoms with E-state index in [1.54, 1.807) is 11.0 Å². The molecule has 5 nitrogen and oxygen atoms in total. The van der Waals surface area contributed by atoms with Crippen molar-refractivity contribution >= 4 is 17.4 Å². The molecule has 1 unspecified atom stereocenters. The van der Waals surface area contributed by atoms with E-state index in [1.165, 1.54) is 5.56 Å². The van der Waals surface area contributed by atoms with Gasteiger partial charge in [0, 0.05) is 11.6 Å². The van der Waals surface area contributed by atoms with Crippen LogP contribution in [0.4, 0.5) is 0 Å². The summed E-state index contributed by atoms with van der Waals surface area (Å²) in [5.41, 5.74) is 3.72. The van der Waals surface area contributed by atoms with Gasteiger partial charge < -0.3 is 14.7 Å². The number of amides is 1. The highest BCUT2D eigenvalue weighted by atomic mass is 16.5. The van der Waals surface area contributed by atoms with Gasteiger partial charge in [-0.15, -0.1) is 0 Å². The number of aliphatic hydroxyl groups excluding tert-OH is 1. The van der Waals surface area contributed by atoms with Gasteiger partial charge in [0.15, 0.2) is 0 Å². The van der Waals surface area contributed by atoms with Crippen LogP contribution in [0.5, 0.6) is 5.75 Å². The molecule has 186 valence electrons. The van der Waals surface area contributed by atoms with E-state index >= 15 is 0 Å². The van der Waals surface area contributed by atoms with Gasteiger partial charge in [0.25, 0.3) is 11.7 Å². The number of rotatable bonds is 7. The molecule has 1 aliphatic carbocycles. The van der Waals surface area contributed by atoms with Gasteiger partial charge in [0.1, 0.15) is 11.5 Å². The van der Waals surface area contributed by atoms with Crippen molar-refractivity contribution in [3.05, 3.63) is 70.3 Å². The lowest BCUT2D eigenvalue weighted by molar-refractivity contribution is -0.141. The van der Waals surface area contributed by atoms with E-state index in [0.29, 0.717) is 18.1 Å². The Balaban J connectivity index is 1.86. The first-order chi connectivity index (χ1) is 16.7. The lowest BCUT2D eigenvalue weighted by Crippen LogP contribution is -2.37. The number of ketones is 1. The monoisotopic (exact) mass is 475 g/mol. The number of aliphatic hydroxyl groups is 1. The van der Waals surface area contributed by atoms with E-state index in [1.807, 2.05) is 31.2 Å². The van der Waals surface area contributed by atoms with E-state index in [0.717, 1.165) is 42.6 Å². The van der Waals surface area contributed by atoms with Gasteiger partial charge in [0.2, 0.25) is 0 Å². The van der Waals surface area contributed by atoms with Gasteiger partial charge in [-0.3, -0.25) is 9.59 Å². The van der Waals surface area contributed by atoms with E-state index in [9.17, 15) is 14.7 Å². The van der Waals surface area contributed by atoms with E-state index < -0.39 is 17.7 Å². The summed E-state index contributed by atoms with van der Waals surface area (Å²) in [5.74, 6) is 0.0878. The summed E-state index contributed by atoms with van der Waals surface area (Å²) in [7, 11) is 0. The number of likely N-dealkylation sites (tertiary alicyclic amines) is 1. The number of Topliss-reactive ketones (excluding diaryl/α,β-unsaturated/α-hetero) is 1. The van der Waals surface area contributed by atoms with Gasteiger partial charge in [-0.25, -0.2) is 0 Å². The zero-order valence-electron chi connectivity index (χ0n) is 21.5. The van der Waals surface area contributed by atoms with Crippen LogP contribution in [0.1, 0.15) is 100 Å². The molecule has 0 spiro atoms. The molecule has 2 aromatic rings. The Morgan fingerprint density at radius 2 is 1.66 bits per heavy atom. The van der Waals surface area contributed by atoms with Crippen molar-refractivity contribution in [1.82, 2.24) is 4.90 Å². The Morgan fingerprint density at radius 1 is 1.00 bits per heavy atom. The SMILES string of the molecule is CCOc1ccc(/C(O)=C2/C(=O)C(=O)N(C3CCCC3)C2c2ccc(C(C)C)cc2)cc1C(C)C. The third-order valence-electron chi connectivity index (χ3n) is 7.32. The van der Waals surface area contributed by atoms with Crippen LogP contribution < -0.4 is 4.74 Å². The first-order valence-corrected chi connectivity index (χ1v) is 12.9. The molecule has 0 aromatic heterocycles. The molecule has 1 amide bonds. The summed E-state index contributed by atoms with van der Waals surface area (Å²) in [6.45, 7) is 10.9. The minimum Gasteiger partial charge on any atom is -0.507 e.